The summed E-state index contributed by atoms with van der Waals surface area (Å²) in [4.78, 5) is 3.67. The molecule has 2 aromatic heterocycles. The zero-order chi connectivity index (χ0) is 11.7. The van der Waals surface area contributed by atoms with E-state index >= 15 is 0 Å². The number of hydrogen-bond acceptors (Lipinski definition) is 3. The lowest BCUT2D eigenvalue weighted by Crippen LogP contribution is -2.17. The highest BCUT2D eigenvalue weighted by atomic mass is 35.5. The maximum absolute atomic E-state index is 13.5. The van der Waals surface area contributed by atoms with E-state index in [1.807, 2.05) is 0 Å². The molecule has 84 valence electrons. The van der Waals surface area contributed by atoms with Crippen molar-refractivity contribution < 1.29 is 4.39 Å². The molecule has 0 aliphatic heterocycles. The molecule has 0 amide bonds. The molecule has 2 aromatic rings. The molecule has 0 spiro atoms. The molecule has 0 bridgehead atoms. The van der Waals surface area contributed by atoms with Gasteiger partial charge in [0.05, 0.1) is 29.2 Å². The smallest absolute Gasteiger partial charge is 0.146 e. The number of hydrogen-bond donors (Lipinski definition) is 1. The monoisotopic (exact) mass is 240 g/mol. The van der Waals surface area contributed by atoms with Crippen LogP contribution in [0.4, 0.5) is 4.39 Å². The summed E-state index contributed by atoms with van der Waals surface area (Å²) in [6, 6.07) is 0.881. The number of halogens is 2. The first-order valence-corrected chi connectivity index (χ1v) is 5.01. The predicted molar refractivity (Wildman–Crippen MR) is 58.4 cm³/mol. The number of pyridine rings is 1. The Labute approximate surface area is 96.9 Å². The zero-order valence-electron chi connectivity index (χ0n) is 8.56. The maximum Gasteiger partial charge on any atom is 0.146 e. The number of nitrogens with zero attached hydrogens (tertiary/aromatic N) is 3. The first kappa shape index (κ1) is 11.0. The normalized spacial score (nSPS) is 12.8. The molecule has 0 aliphatic carbocycles. The van der Waals surface area contributed by atoms with Crippen LogP contribution < -0.4 is 5.73 Å². The summed E-state index contributed by atoms with van der Waals surface area (Å²) in [5.41, 5.74) is 6.87. The van der Waals surface area contributed by atoms with Crippen molar-refractivity contribution in [3.8, 4) is 0 Å². The Bertz CT molecular complexity index is 492. The molecular weight excluding hydrogens is 231 g/mol. The Morgan fingerprint density at radius 1 is 1.50 bits per heavy atom. The molecule has 0 aliphatic rings. The van der Waals surface area contributed by atoms with E-state index in [-0.39, 0.29) is 0 Å². The fourth-order valence-electron chi connectivity index (χ4n) is 1.56. The number of rotatable bonds is 2. The average Bonchev–Trinajstić information content (AvgIpc) is 2.58. The summed E-state index contributed by atoms with van der Waals surface area (Å²) in [5, 5.41) is 4.38. The van der Waals surface area contributed by atoms with Gasteiger partial charge in [0, 0.05) is 18.8 Å². The first-order valence-electron chi connectivity index (χ1n) is 4.63. The van der Waals surface area contributed by atoms with E-state index in [1.165, 1.54) is 23.1 Å². The van der Waals surface area contributed by atoms with Crippen molar-refractivity contribution in [1.29, 1.82) is 0 Å². The maximum atomic E-state index is 13.5. The molecule has 1 atom stereocenters. The largest absolute Gasteiger partial charge is 0.319 e. The Balaban J connectivity index is 2.47. The standard InChI is InChI=1S/C10H10ClFN4/c1-16-10(7(11)4-15-16)9(13)6-2-3-14-5-8(6)12/h2-5,9H,13H2,1H3. The molecule has 0 saturated carbocycles. The van der Waals surface area contributed by atoms with Crippen molar-refractivity contribution in [2.75, 3.05) is 0 Å². The van der Waals surface area contributed by atoms with E-state index in [2.05, 4.69) is 10.1 Å². The van der Waals surface area contributed by atoms with Gasteiger partial charge in [-0.25, -0.2) is 4.39 Å². The van der Waals surface area contributed by atoms with Crippen LogP contribution >= 0.6 is 11.6 Å². The summed E-state index contributed by atoms with van der Waals surface area (Å²) in [6.07, 6.45) is 4.10. The van der Waals surface area contributed by atoms with Crippen LogP contribution in [0.5, 0.6) is 0 Å². The van der Waals surface area contributed by atoms with Crippen LogP contribution in [0, 0.1) is 5.82 Å². The van der Waals surface area contributed by atoms with Gasteiger partial charge in [0.15, 0.2) is 0 Å². The van der Waals surface area contributed by atoms with Crippen molar-refractivity contribution in [2.45, 2.75) is 6.04 Å². The van der Waals surface area contributed by atoms with Crippen molar-refractivity contribution in [1.82, 2.24) is 14.8 Å². The van der Waals surface area contributed by atoms with E-state index in [9.17, 15) is 4.39 Å². The van der Waals surface area contributed by atoms with Gasteiger partial charge in [0.25, 0.3) is 0 Å². The molecule has 2 N–H and O–H groups in total. The van der Waals surface area contributed by atoms with Gasteiger partial charge in [-0.3, -0.25) is 9.67 Å². The minimum atomic E-state index is -0.650. The van der Waals surface area contributed by atoms with Gasteiger partial charge in [-0.15, -0.1) is 0 Å². The van der Waals surface area contributed by atoms with Crippen LogP contribution in [-0.4, -0.2) is 14.8 Å². The third kappa shape index (κ3) is 1.79. The molecule has 16 heavy (non-hydrogen) atoms. The van der Waals surface area contributed by atoms with Gasteiger partial charge in [0.1, 0.15) is 5.82 Å². The highest BCUT2D eigenvalue weighted by molar-refractivity contribution is 6.31. The molecule has 1 unspecified atom stereocenters. The summed E-state index contributed by atoms with van der Waals surface area (Å²) >= 11 is 5.94. The van der Waals surface area contributed by atoms with Crippen LogP contribution in [0.15, 0.2) is 24.7 Å². The van der Waals surface area contributed by atoms with E-state index in [1.54, 1.807) is 7.05 Å². The van der Waals surface area contributed by atoms with Crippen molar-refractivity contribution >= 4 is 11.6 Å². The highest BCUT2D eigenvalue weighted by Crippen LogP contribution is 2.26. The second-order valence-electron chi connectivity index (χ2n) is 3.38. The van der Waals surface area contributed by atoms with Gasteiger partial charge in [-0.1, -0.05) is 11.6 Å². The quantitative estimate of drug-likeness (QED) is 0.869. The molecule has 0 aromatic carbocycles. The zero-order valence-corrected chi connectivity index (χ0v) is 9.32. The number of aryl methyl sites for hydroxylation is 1. The van der Waals surface area contributed by atoms with Gasteiger partial charge in [-0.05, 0) is 6.07 Å². The minimum Gasteiger partial charge on any atom is -0.319 e. The summed E-state index contributed by atoms with van der Waals surface area (Å²) in [7, 11) is 1.71. The summed E-state index contributed by atoms with van der Waals surface area (Å²) in [6.45, 7) is 0. The minimum absolute atomic E-state index is 0.348. The Hall–Kier alpha value is -1.46. The van der Waals surface area contributed by atoms with Crippen molar-refractivity contribution in [3.05, 3.63) is 46.8 Å². The predicted octanol–water partition coefficient (Wildman–Crippen LogP) is 1.66. The van der Waals surface area contributed by atoms with Crippen LogP contribution in [0.25, 0.3) is 0 Å². The topological polar surface area (TPSA) is 56.7 Å². The molecule has 2 heterocycles. The van der Waals surface area contributed by atoms with E-state index in [0.717, 1.165) is 6.20 Å². The second kappa shape index (κ2) is 4.19. The van der Waals surface area contributed by atoms with Crippen LogP contribution in [-0.2, 0) is 7.05 Å². The van der Waals surface area contributed by atoms with Gasteiger partial charge in [0.2, 0.25) is 0 Å². The Morgan fingerprint density at radius 3 is 2.81 bits per heavy atom. The number of aromatic nitrogens is 3. The Kier molecular flexibility index (Phi) is 2.89. The number of nitrogens with two attached hydrogens (primary N) is 1. The molecule has 6 heteroatoms. The molecular formula is C10H10ClFN4. The van der Waals surface area contributed by atoms with Crippen LogP contribution in [0.2, 0.25) is 5.02 Å². The molecule has 2 rings (SSSR count). The van der Waals surface area contributed by atoms with Crippen LogP contribution in [0.3, 0.4) is 0 Å². The van der Waals surface area contributed by atoms with Gasteiger partial charge < -0.3 is 5.73 Å². The van der Waals surface area contributed by atoms with Crippen molar-refractivity contribution in [3.63, 3.8) is 0 Å². The fraction of sp³-hybridized carbons (Fsp3) is 0.200. The molecule has 0 radical (unpaired) electrons. The fourth-order valence-corrected chi connectivity index (χ4v) is 1.84. The third-order valence-electron chi connectivity index (χ3n) is 2.37. The van der Waals surface area contributed by atoms with Gasteiger partial charge in [-0.2, -0.15) is 5.10 Å². The summed E-state index contributed by atoms with van der Waals surface area (Å²) in [5.74, 6) is -0.452. The van der Waals surface area contributed by atoms with Crippen LogP contribution in [0.1, 0.15) is 17.3 Å². The lowest BCUT2D eigenvalue weighted by molar-refractivity contribution is 0.581. The van der Waals surface area contributed by atoms with E-state index in [4.69, 9.17) is 17.3 Å². The Morgan fingerprint density at radius 2 is 2.25 bits per heavy atom. The van der Waals surface area contributed by atoms with E-state index < -0.39 is 11.9 Å². The average molecular weight is 241 g/mol. The lowest BCUT2D eigenvalue weighted by atomic mass is 10.1. The molecule has 4 nitrogen and oxygen atoms in total. The second-order valence-corrected chi connectivity index (χ2v) is 3.78. The SMILES string of the molecule is Cn1ncc(Cl)c1C(N)c1ccncc1F. The highest BCUT2D eigenvalue weighted by Gasteiger charge is 2.19. The third-order valence-corrected chi connectivity index (χ3v) is 2.66. The lowest BCUT2D eigenvalue weighted by Gasteiger charge is -2.13. The van der Waals surface area contributed by atoms with E-state index in [0.29, 0.717) is 16.3 Å². The molecule has 0 saturated heterocycles. The van der Waals surface area contributed by atoms with Gasteiger partial charge >= 0.3 is 0 Å². The van der Waals surface area contributed by atoms with Crippen molar-refractivity contribution in [2.24, 2.45) is 12.8 Å². The molecule has 0 fully saturated rings. The summed E-state index contributed by atoms with van der Waals surface area (Å²) < 4.78 is 15.0. The first-order chi connectivity index (χ1) is 7.61.